The highest BCUT2D eigenvalue weighted by Gasteiger charge is 2.13. The van der Waals surface area contributed by atoms with Gasteiger partial charge in [0.2, 0.25) is 0 Å². The first kappa shape index (κ1) is 12.2. The Labute approximate surface area is 79.8 Å². The van der Waals surface area contributed by atoms with E-state index in [0.717, 1.165) is 0 Å². The molecule has 0 spiro atoms. The van der Waals surface area contributed by atoms with E-state index in [9.17, 15) is 14.4 Å². The molecule has 0 unspecified atom stereocenters. The average molecular weight is 202 g/mol. The van der Waals surface area contributed by atoms with Gasteiger partial charge in [-0.05, 0) is 6.92 Å². The fourth-order valence-electron chi connectivity index (χ4n) is 0.677. The highest BCUT2D eigenvalue weighted by molar-refractivity contribution is 5.98. The normalized spacial score (nSPS) is 10.8. The van der Waals surface area contributed by atoms with Crippen LogP contribution in [0.4, 0.5) is 0 Å². The second-order valence-corrected chi connectivity index (χ2v) is 2.30. The topological polar surface area (TPSA) is 101 Å². The maximum absolute atomic E-state index is 10.8. The van der Waals surface area contributed by atoms with E-state index in [-0.39, 0.29) is 6.61 Å². The molecule has 0 rings (SSSR count). The molecule has 0 heterocycles. The predicted molar refractivity (Wildman–Crippen MR) is 44.6 cm³/mol. The number of carboxylic acid groups (broad SMARTS) is 2. The molecule has 6 nitrogen and oxygen atoms in total. The highest BCUT2D eigenvalue weighted by atomic mass is 16.5. The van der Waals surface area contributed by atoms with E-state index >= 15 is 0 Å². The number of ether oxygens (including phenoxy) is 1. The molecule has 0 aromatic carbocycles. The van der Waals surface area contributed by atoms with E-state index in [0.29, 0.717) is 6.08 Å². The average Bonchev–Trinajstić information content (AvgIpc) is 2.02. The zero-order valence-corrected chi connectivity index (χ0v) is 7.52. The minimum atomic E-state index is -1.44. The highest BCUT2D eigenvalue weighted by Crippen LogP contribution is 2.02. The minimum Gasteiger partial charge on any atom is -0.481 e. The van der Waals surface area contributed by atoms with Gasteiger partial charge in [-0.1, -0.05) is 0 Å². The minimum absolute atomic E-state index is 0.106. The van der Waals surface area contributed by atoms with Crippen molar-refractivity contribution in [2.45, 2.75) is 13.3 Å². The van der Waals surface area contributed by atoms with Crippen LogP contribution in [-0.4, -0.2) is 34.7 Å². The number of hydrogen-bond acceptors (Lipinski definition) is 4. The Kier molecular flexibility index (Phi) is 4.98. The lowest BCUT2D eigenvalue weighted by molar-refractivity contribution is -0.140. The third-order valence-corrected chi connectivity index (χ3v) is 1.20. The van der Waals surface area contributed by atoms with Gasteiger partial charge in [0.15, 0.2) is 0 Å². The molecule has 0 aromatic heterocycles. The van der Waals surface area contributed by atoms with E-state index in [4.69, 9.17) is 10.2 Å². The van der Waals surface area contributed by atoms with Gasteiger partial charge >= 0.3 is 17.9 Å². The molecule has 0 amide bonds. The first-order valence-electron chi connectivity index (χ1n) is 3.79. The standard InChI is InChI=1S/C8H10O6/c1-2-14-7(11)4-5(8(12)13)3-6(9)10/h4H,2-3H2,1H3,(H,9,10)(H,12,13)/b5-4+. The first-order valence-corrected chi connectivity index (χ1v) is 3.79. The van der Waals surface area contributed by atoms with E-state index in [1.165, 1.54) is 0 Å². The molecule has 0 fully saturated rings. The Morgan fingerprint density at radius 1 is 1.29 bits per heavy atom. The number of hydrogen-bond donors (Lipinski definition) is 2. The van der Waals surface area contributed by atoms with E-state index in [1.54, 1.807) is 6.92 Å². The van der Waals surface area contributed by atoms with Gasteiger partial charge in [-0.25, -0.2) is 9.59 Å². The number of esters is 1. The van der Waals surface area contributed by atoms with E-state index in [1.807, 2.05) is 0 Å². The van der Waals surface area contributed by atoms with Crippen LogP contribution in [-0.2, 0) is 19.1 Å². The third kappa shape index (κ3) is 4.91. The molecule has 0 radical (unpaired) electrons. The van der Waals surface area contributed by atoms with E-state index in [2.05, 4.69) is 4.74 Å². The second-order valence-electron chi connectivity index (χ2n) is 2.30. The lowest BCUT2D eigenvalue weighted by Gasteiger charge is -1.98. The van der Waals surface area contributed by atoms with Crippen LogP contribution in [0.25, 0.3) is 0 Å². The van der Waals surface area contributed by atoms with Crippen LogP contribution in [0, 0.1) is 0 Å². The number of carboxylic acids is 2. The molecule has 14 heavy (non-hydrogen) atoms. The molecule has 0 aliphatic rings. The van der Waals surface area contributed by atoms with Crippen molar-refractivity contribution in [2.75, 3.05) is 6.61 Å². The van der Waals surface area contributed by atoms with Crippen molar-refractivity contribution in [3.05, 3.63) is 11.6 Å². The molecule has 0 bridgehead atoms. The largest absolute Gasteiger partial charge is 0.481 e. The van der Waals surface area contributed by atoms with Crippen molar-refractivity contribution in [1.82, 2.24) is 0 Å². The zero-order chi connectivity index (χ0) is 11.1. The monoisotopic (exact) mass is 202 g/mol. The molecule has 0 aromatic rings. The van der Waals surface area contributed by atoms with E-state index < -0.39 is 29.9 Å². The molecule has 0 saturated carbocycles. The van der Waals surface area contributed by atoms with Crippen LogP contribution in [0.3, 0.4) is 0 Å². The maximum atomic E-state index is 10.8. The fraction of sp³-hybridized carbons (Fsp3) is 0.375. The summed E-state index contributed by atoms with van der Waals surface area (Å²) in [5.74, 6) is -3.62. The molecule has 0 aliphatic heterocycles. The predicted octanol–water partition coefficient (Wildman–Crippen LogP) is 0.0352. The van der Waals surface area contributed by atoms with Gasteiger partial charge in [-0.15, -0.1) is 0 Å². The quantitative estimate of drug-likeness (QED) is 0.482. The van der Waals surface area contributed by atoms with Crippen LogP contribution >= 0.6 is 0 Å². The lowest BCUT2D eigenvalue weighted by Crippen LogP contribution is -2.10. The Bertz CT molecular complexity index is 278. The molecular weight excluding hydrogens is 192 g/mol. The third-order valence-electron chi connectivity index (χ3n) is 1.20. The van der Waals surface area contributed by atoms with Crippen molar-refractivity contribution < 1.29 is 29.3 Å². The maximum Gasteiger partial charge on any atom is 0.332 e. The Hall–Kier alpha value is -1.85. The zero-order valence-electron chi connectivity index (χ0n) is 7.52. The van der Waals surface area contributed by atoms with Crippen LogP contribution < -0.4 is 0 Å². The van der Waals surface area contributed by atoms with Crippen molar-refractivity contribution >= 4 is 17.9 Å². The van der Waals surface area contributed by atoms with Crippen LogP contribution in [0.15, 0.2) is 11.6 Å². The van der Waals surface area contributed by atoms with Gasteiger partial charge < -0.3 is 14.9 Å². The number of aliphatic carboxylic acids is 2. The Morgan fingerprint density at radius 3 is 2.21 bits per heavy atom. The number of carbonyl (C=O) groups is 3. The molecule has 0 saturated heterocycles. The van der Waals surface area contributed by atoms with Crippen molar-refractivity contribution in [3.63, 3.8) is 0 Å². The molecule has 0 aliphatic carbocycles. The van der Waals surface area contributed by atoms with Crippen molar-refractivity contribution in [3.8, 4) is 0 Å². The molecular formula is C8H10O6. The summed E-state index contributed by atoms with van der Waals surface area (Å²) in [4.78, 5) is 31.4. The van der Waals surface area contributed by atoms with Crippen LogP contribution in [0.2, 0.25) is 0 Å². The van der Waals surface area contributed by atoms with Crippen LogP contribution in [0.1, 0.15) is 13.3 Å². The summed E-state index contributed by atoms with van der Waals surface area (Å²) < 4.78 is 4.43. The van der Waals surface area contributed by atoms with Gasteiger partial charge in [0, 0.05) is 6.08 Å². The summed E-state index contributed by atoms with van der Waals surface area (Å²) in [6.07, 6.45) is -0.0475. The lowest BCUT2D eigenvalue weighted by atomic mass is 10.2. The first-order chi connectivity index (χ1) is 6.47. The summed E-state index contributed by atoms with van der Waals surface area (Å²) in [6, 6.07) is 0. The van der Waals surface area contributed by atoms with Crippen LogP contribution in [0.5, 0.6) is 0 Å². The van der Waals surface area contributed by atoms with Gasteiger partial charge in [0.25, 0.3) is 0 Å². The summed E-state index contributed by atoms with van der Waals surface area (Å²) >= 11 is 0. The van der Waals surface area contributed by atoms with Gasteiger partial charge in [0.1, 0.15) is 0 Å². The number of carbonyl (C=O) groups excluding carboxylic acids is 1. The molecule has 78 valence electrons. The summed E-state index contributed by atoms with van der Waals surface area (Å²) in [7, 11) is 0. The number of rotatable bonds is 5. The Morgan fingerprint density at radius 2 is 1.86 bits per heavy atom. The van der Waals surface area contributed by atoms with Crippen molar-refractivity contribution in [2.24, 2.45) is 0 Å². The fourth-order valence-corrected chi connectivity index (χ4v) is 0.677. The Balaban J connectivity index is 4.55. The smallest absolute Gasteiger partial charge is 0.332 e. The summed E-state index contributed by atoms with van der Waals surface area (Å²) in [6.45, 7) is 1.67. The molecule has 6 heteroatoms. The SMILES string of the molecule is CCOC(=O)/C=C(\CC(=O)O)C(=O)O. The molecule has 0 atom stereocenters. The molecule has 2 N–H and O–H groups in total. The summed E-state index contributed by atoms with van der Waals surface area (Å²) in [5.41, 5.74) is -0.504. The van der Waals surface area contributed by atoms with Gasteiger partial charge in [-0.2, -0.15) is 0 Å². The summed E-state index contributed by atoms with van der Waals surface area (Å²) in [5, 5.41) is 16.8. The van der Waals surface area contributed by atoms with Gasteiger partial charge in [-0.3, -0.25) is 4.79 Å². The van der Waals surface area contributed by atoms with Gasteiger partial charge in [0.05, 0.1) is 18.6 Å². The second kappa shape index (κ2) is 5.74. The van der Waals surface area contributed by atoms with Crippen molar-refractivity contribution in [1.29, 1.82) is 0 Å².